The summed E-state index contributed by atoms with van der Waals surface area (Å²) in [5.74, 6) is -2.92. The summed E-state index contributed by atoms with van der Waals surface area (Å²) in [7, 11) is 0. The second-order valence-corrected chi connectivity index (χ2v) is 14.4. The van der Waals surface area contributed by atoms with E-state index in [0.717, 1.165) is 12.8 Å². The Morgan fingerprint density at radius 3 is 2.04 bits per heavy atom. The number of primary amides is 1. The monoisotopic (exact) mass is 625 g/mol. The van der Waals surface area contributed by atoms with E-state index in [1.807, 2.05) is 54.5 Å². The van der Waals surface area contributed by atoms with Crippen molar-refractivity contribution in [2.45, 2.75) is 105 Å². The number of nitrogens with two attached hydrogens (primary N) is 1. The fourth-order valence-electron chi connectivity index (χ4n) is 6.00. The molecule has 5 N–H and O–H groups in total. The highest BCUT2D eigenvalue weighted by molar-refractivity contribution is 6.37. The van der Waals surface area contributed by atoms with Crippen LogP contribution >= 0.6 is 0 Å². The van der Waals surface area contributed by atoms with Gasteiger partial charge in [-0.15, -0.1) is 0 Å². The number of Topliss-reactive ketones (excluding diaryl/α,β-unsaturated/α-hetero) is 2. The molecule has 1 saturated heterocycles. The number of hydrogen-bond donors (Lipinski definition) is 4. The average Bonchev–Trinajstić information content (AvgIpc) is 3.67. The molecule has 11 heteroatoms. The van der Waals surface area contributed by atoms with Gasteiger partial charge in [0.1, 0.15) is 12.1 Å². The van der Waals surface area contributed by atoms with Crippen molar-refractivity contribution in [2.75, 3.05) is 6.54 Å². The number of rotatable bonds is 14. The third kappa shape index (κ3) is 9.61. The van der Waals surface area contributed by atoms with Crippen molar-refractivity contribution in [2.24, 2.45) is 34.8 Å². The molecule has 3 rings (SSSR count). The smallest absolute Gasteiger partial charge is 0.315 e. The fraction of sp³-hybridized carbons (Fsp3) is 0.647. The van der Waals surface area contributed by atoms with Crippen molar-refractivity contribution in [1.29, 1.82) is 0 Å². The molecule has 0 spiro atoms. The number of ketones is 2. The van der Waals surface area contributed by atoms with Gasteiger partial charge in [0.15, 0.2) is 5.78 Å². The molecule has 1 unspecified atom stereocenters. The summed E-state index contributed by atoms with van der Waals surface area (Å²) in [5.41, 5.74) is 5.12. The molecule has 1 heterocycles. The van der Waals surface area contributed by atoms with E-state index in [9.17, 15) is 28.8 Å². The van der Waals surface area contributed by atoms with Crippen LogP contribution in [-0.4, -0.2) is 70.9 Å². The van der Waals surface area contributed by atoms with Gasteiger partial charge in [-0.3, -0.25) is 24.0 Å². The lowest BCUT2D eigenvalue weighted by Crippen LogP contribution is -2.61. The molecule has 1 aliphatic carbocycles. The third-order valence-electron chi connectivity index (χ3n) is 9.01. The number of carbonyl (C=O) groups is 6. The van der Waals surface area contributed by atoms with Crippen LogP contribution in [0.3, 0.4) is 0 Å². The maximum absolute atomic E-state index is 14.2. The molecule has 45 heavy (non-hydrogen) atoms. The van der Waals surface area contributed by atoms with E-state index in [4.69, 9.17) is 5.73 Å². The van der Waals surface area contributed by atoms with Gasteiger partial charge in [0, 0.05) is 24.6 Å². The molecule has 5 atom stereocenters. The average molecular weight is 626 g/mol. The zero-order valence-electron chi connectivity index (χ0n) is 27.7. The van der Waals surface area contributed by atoms with Crippen LogP contribution in [0.15, 0.2) is 30.3 Å². The van der Waals surface area contributed by atoms with E-state index < -0.39 is 59.1 Å². The zero-order valence-corrected chi connectivity index (χ0v) is 27.7. The van der Waals surface area contributed by atoms with Crippen LogP contribution in [0.25, 0.3) is 0 Å². The second-order valence-electron chi connectivity index (χ2n) is 14.4. The van der Waals surface area contributed by atoms with Crippen LogP contribution in [0, 0.1) is 29.1 Å². The summed E-state index contributed by atoms with van der Waals surface area (Å²) in [6, 6.07) is 4.89. The standard InChI is InChI=1S/C34H51N5O6/c1-19(2)23-15-16-39(27(23)31(43)36-25(17-21-13-14-21)28(41)30(35)42)32(44)29(34(5,6)7)38-33(45)37-24(20(3)4)18-26(40)22-11-9-8-10-12-22/h8-12,19-21,23-25,27,29H,13-18H2,1-7H3,(H2,35,42)(H,36,43)(H2,37,38,45)/t23-,24-,25?,27+,29-/m1/s1. The summed E-state index contributed by atoms with van der Waals surface area (Å²) in [6.45, 7) is 13.6. The van der Waals surface area contributed by atoms with E-state index in [-0.39, 0.29) is 35.9 Å². The topological polar surface area (TPSA) is 168 Å². The molecule has 1 aliphatic heterocycles. The van der Waals surface area contributed by atoms with Crippen LogP contribution in [0.5, 0.6) is 0 Å². The van der Waals surface area contributed by atoms with E-state index >= 15 is 0 Å². The molecule has 1 aromatic rings. The summed E-state index contributed by atoms with van der Waals surface area (Å²) >= 11 is 0. The van der Waals surface area contributed by atoms with Crippen molar-refractivity contribution in [1.82, 2.24) is 20.9 Å². The van der Waals surface area contributed by atoms with Gasteiger partial charge < -0.3 is 26.6 Å². The van der Waals surface area contributed by atoms with Crippen LogP contribution in [0.4, 0.5) is 4.79 Å². The largest absolute Gasteiger partial charge is 0.363 e. The molecule has 0 radical (unpaired) electrons. The summed E-state index contributed by atoms with van der Waals surface area (Å²) in [6.07, 6.45) is 2.83. The van der Waals surface area contributed by atoms with Crippen LogP contribution in [0.1, 0.15) is 90.9 Å². The number of urea groups is 1. The molecule has 1 saturated carbocycles. The first-order valence-electron chi connectivity index (χ1n) is 16.1. The summed E-state index contributed by atoms with van der Waals surface area (Å²) < 4.78 is 0. The minimum Gasteiger partial charge on any atom is -0.363 e. The maximum Gasteiger partial charge on any atom is 0.315 e. The third-order valence-corrected chi connectivity index (χ3v) is 9.01. The molecule has 248 valence electrons. The fourth-order valence-corrected chi connectivity index (χ4v) is 6.00. The maximum atomic E-state index is 14.2. The Labute approximate surface area is 266 Å². The Bertz CT molecular complexity index is 1250. The normalized spacial score (nSPS) is 20.3. The lowest BCUT2D eigenvalue weighted by atomic mass is 9.84. The lowest BCUT2D eigenvalue weighted by molar-refractivity contribution is -0.144. The molecule has 0 aromatic heterocycles. The first kappa shape index (κ1) is 35.7. The first-order valence-corrected chi connectivity index (χ1v) is 16.1. The van der Waals surface area contributed by atoms with E-state index in [1.165, 1.54) is 4.90 Å². The Morgan fingerprint density at radius 2 is 1.53 bits per heavy atom. The second kappa shape index (κ2) is 15.0. The van der Waals surface area contributed by atoms with Gasteiger partial charge >= 0.3 is 6.03 Å². The first-order chi connectivity index (χ1) is 21.0. The van der Waals surface area contributed by atoms with Crippen LogP contribution < -0.4 is 21.7 Å². The molecule has 0 bridgehead atoms. The quantitative estimate of drug-likeness (QED) is 0.183. The molecule has 1 aromatic carbocycles. The molecule has 2 aliphatic rings. The Kier molecular flexibility index (Phi) is 11.9. The number of nitrogens with zero attached hydrogens (tertiary/aromatic N) is 1. The van der Waals surface area contributed by atoms with Gasteiger partial charge in [0.05, 0.1) is 6.04 Å². The number of likely N-dealkylation sites (tertiary alicyclic amines) is 1. The molecule has 11 nitrogen and oxygen atoms in total. The van der Waals surface area contributed by atoms with Crippen molar-refractivity contribution in [3.05, 3.63) is 35.9 Å². The number of carbonyl (C=O) groups excluding carboxylic acids is 6. The van der Waals surface area contributed by atoms with Gasteiger partial charge in [-0.2, -0.15) is 0 Å². The Morgan fingerprint density at radius 1 is 0.911 bits per heavy atom. The summed E-state index contributed by atoms with van der Waals surface area (Å²) in [5, 5.41) is 8.50. The highest BCUT2D eigenvalue weighted by Crippen LogP contribution is 2.35. The van der Waals surface area contributed by atoms with E-state index in [0.29, 0.717) is 24.9 Å². The van der Waals surface area contributed by atoms with Gasteiger partial charge in [-0.25, -0.2) is 4.79 Å². The lowest BCUT2D eigenvalue weighted by Gasteiger charge is -2.37. The molecular formula is C34H51N5O6. The van der Waals surface area contributed by atoms with Crippen molar-refractivity contribution in [3.63, 3.8) is 0 Å². The van der Waals surface area contributed by atoms with Gasteiger partial charge in [0.2, 0.25) is 17.6 Å². The Hall–Kier alpha value is -3.76. The molecule has 2 fully saturated rings. The van der Waals surface area contributed by atoms with E-state index in [2.05, 4.69) is 16.0 Å². The van der Waals surface area contributed by atoms with Gasteiger partial charge in [-0.1, -0.05) is 91.6 Å². The van der Waals surface area contributed by atoms with Crippen LogP contribution in [-0.2, 0) is 19.2 Å². The number of amides is 5. The van der Waals surface area contributed by atoms with Gasteiger partial charge in [0.25, 0.3) is 5.91 Å². The number of hydrogen-bond acceptors (Lipinski definition) is 6. The predicted molar refractivity (Wildman–Crippen MR) is 171 cm³/mol. The highest BCUT2D eigenvalue weighted by atomic mass is 16.2. The number of nitrogens with one attached hydrogen (secondary N) is 3. The molecule has 5 amide bonds. The minimum absolute atomic E-state index is 0.0468. The van der Waals surface area contributed by atoms with Crippen LogP contribution in [0.2, 0.25) is 0 Å². The van der Waals surface area contributed by atoms with E-state index in [1.54, 1.807) is 24.3 Å². The zero-order chi connectivity index (χ0) is 33.6. The Balaban J connectivity index is 1.79. The highest BCUT2D eigenvalue weighted by Gasteiger charge is 2.48. The molecular weight excluding hydrogens is 574 g/mol. The minimum atomic E-state index is -1.10. The number of benzene rings is 1. The predicted octanol–water partition coefficient (Wildman–Crippen LogP) is 3.21. The van der Waals surface area contributed by atoms with Crippen molar-refractivity contribution < 1.29 is 28.8 Å². The van der Waals surface area contributed by atoms with Crippen molar-refractivity contribution >= 4 is 35.3 Å². The SMILES string of the molecule is CC(C)[C@H]1CCN(C(=O)[C@@H](NC(=O)N[C@H](CC(=O)c2ccccc2)C(C)C)C(C)(C)C)[C@@H]1C(=O)NC(CC1CC1)C(=O)C(N)=O. The van der Waals surface area contributed by atoms with Crippen molar-refractivity contribution in [3.8, 4) is 0 Å². The van der Waals surface area contributed by atoms with Gasteiger partial charge in [-0.05, 0) is 41.9 Å². The summed E-state index contributed by atoms with van der Waals surface area (Å²) in [4.78, 5) is 80.1.